The molecule has 1 heterocycles. The lowest BCUT2D eigenvalue weighted by molar-refractivity contribution is -0.117. The predicted molar refractivity (Wildman–Crippen MR) is 80.9 cm³/mol. The average molecular weight is 338 g/mol. The molecule has 0 spiro atoms. The van der Waals surface area contributed by atoms with E-state index in [2.05, 4.69) is 21.2 Å². The largest absolute Gasteiger partial charge is 0.326 e. The Kier molecular flexibility index (Phi) is 3.41. The third-order valence-electron chi connectivity index (χ3n) is 3.67. The van der Waals surface area contributed by atoms with Gasteiger partial charge >= 0.3 is 6.03 Å². The van der Waals surface area contributed by atoms with E-state index in [1.54, 1.807) is 16.8 Å². The van der Waals surface area contributed by atoms with Gasteiger partial charge in [0.2, 0.25) is 5.91 Å². The first kappa shape index (κ1) is 13.4. The Balaban J connectivity index is 1.77. The fourth-order valence-corrected chi connectivity index (χ4v) is 2.86. The number of nitrogens with zero attached hydrogens (tertiary/aromatic N) is 2. The van der Waals surface area contributed by atoms with Gasteiger partial charge in [-0.1, -0.05) is 0 Å². The van der Waals surface area contributed by atoms with Crippen LogP contribution < -0.4 is 10.2 Å². The summed E-state index contributed by atoms with van der Waals surface area (Å²) in [7, 11) is 1.79. The van der Waals surface area contributed by atoms with E-state index in [9.17, 15) is 9.59 Å². The third-order valence-corrected chi connectivity index (χ3v) is 4.31. The van der Waals surface area contributed by atoms with Crippen molar-refractivity contribution in [3.63, 3.8) is 0 Å². The third kappa shape index (κ3) is 2.52. The first-order valence-electron chi connectivity index (χ1n) is 6.69. The van der Waals surface area contributed by atoms with Gasteiger partial charge in [-0.3, -0.25) is 9.69 Å². The first-order chi connectivity index (χ1) is 9.56. The number of nitrogens with one attached hydrogen (secondary N) is 1. The topological polar surface area (TPSA) is 52.6 Å². The summed E-state index contributed by atoms with van der Waals surface area (Å²) in [4.78, 5) is 27.1. The van der Waals surface area contributed by atoms with E-state index >= 15 is 0 Å². The standard InChI is InChI=1S/C14H16BrN3O2/c1-17-6-7-18(14(17)20)12-5-4-10(8-11(12)15)16-13(19)9-2-3-9/h4-5,8-9H,2-3,6-7H2,1H3,(H,16,19). The predicted octanol–water partition coefficient (Wildman–Crippen LogP) is 2.67. The highest BCUT2D eigenvalue weighted by atomic mass is 79.9. The second-order valence-corrected chi connectivity index (χ2v) is 6.14. The van der Waals surface area contributed by atoms with Gasteiger partial charge < -0.3 is 10.2 Å². The molecule has 1 saturated carbocycles. The average Bonchev–Trinajstić information content (AvgIpc) is 3.20. The van der Waals surface area contributed by atoms with E-state index in [0.29, 0.717) is 6.54 Å². The summed E-state index contributed by atoms with van der Waals surface area (Å²) in [6.45, 7) is 1.41. The van der Waals surface area contributed by atoms with E-state index in [0.717, 1.165) is 35.2 Å². The zero-order valence-corrected chi connectivity index (χ0v) is 12.8. The number of urea groups is 1. The van der Waals surface area contributed by atoms with Crippen molar-refractivity contribution in [2.45, 2.75) is 12.8 Å². The molecule has 6 heteroatoms. The number of hydrogen-bond donors (Lipinski definition) is 1. The molecule has 3 amide bonds. The summed E-state index contributed by atoms with van der Waals surface area (Å²) in [5.74, 6) is 0.267. The summed E-state index contributed by atoms with van der Waals surface area (Å²) in [6, 6.07) is 5.55. The SMILES string of the molecule is CN1CCN(c2ccc(NC(=O)C3CC3)cc2Br)C1=O. The molecule has 1 saturated heterocycles. The zero-order chi connectivity index (χ0) is 14.3. The number of anilines is 2. The molecule has 2 aliphatic rings. The number of likely N-dealkylation sites (N-methyl/N-ethyl adjacent to an activating group) is 1. The van der Waals surface area contributed by atoms with Crippen molar-refractivity contribution in [1.82, 2.24) is 4.90 Å². The van der Waals surface area contributed by atoms with Crippen LogP contribution >= 0.6 is 15.9 Å². The van der Waals surface area contributed by atoms with Gasteiger partial charge in [-0.15, -0.1) is 0 Å². The Morgan fingerprint density at radius 2 is 2.10 bits per heavy atom. The van der Waals surface area contributed by atoms with Crippen molar-refractivity contribution in [2.24, 2.45) is 5.92 Å². The van der Waals surface area contributed by atoms with E-state index < -0.39 is 0 Å². The van der Waals surface area contributed by atoms with Gasteiger partial charge in [-0.25, -0.2) is 4.79 Å². The fourth-order valence-electron chi connectivity index (χ4n) is 2.26. The smallest absolute Gasteiger partial charge is 0.324 e. The van der Waals surface area contributed by atoms with Crippen LogP contribution in [0.25, 0.3) is 0 Å². The molecule has 3 rings (SSSR count). The molecule has 106 valence electrons. The molecule has 0 aromatic heterocycles. The van der Waals surface area contributed by atoms with E-state index in [1.165, 1.54) is 0 Å². The summed E-state index contributed by atoms with van der Waals surface area (Å²) in [5.41, 5.74) is 1.60. The lowest BCUT2D eigenvalue weighted by Gasteiger charge is -2.18. The van der Waals surface area contributed by atoms with Crippen LogP contribution in [0.15, 0.2) is 22.7 Å². The fraction of sp³-hybridized carbons (Fsp3) is 0.429. The van der Waals surface area contributed by atoms with Crippen molar-refractivity contribution in [3.05, 3.63) is 22.7 Å². The minimum atomic E-state index is 0.000431. The summed E-state index contributed by atoms with van der Waals surface area (Å²) < 4.78 is 0.815. The van der Waals surface area contributed by atoms with Crippen molar-refractivity contribution in [1.29, 1.82) is 0 Å². The molecule has 5 nitrogen and oxygen atoms in total. The molecule has 20 heavy (non-hydrogen) atoms. The van der Waals surface area contributed by atoms with Crippen molar-refractivity contribution >= 4 is 39.2 Å². The summed E-state index contributed by atoms with van der Waals surface area (Å²) in [6.07, 6.45) is 1.97. The summed E-state index contributed by atoms with van der Waals surface area (Å²) >= 11 is 3.48. The van der Waals surface area contributed by atoms with Crippen molar-refractivity contribution in [2.75, 3.05) is 30.4 Å². The molecule has 1 aromatic carbocycles. The molecule has 1 aliphatic heterocycles. The second kappa shape index (κ2) is 5.09. The highest BCUT2D eigenvalue weighted by Gasteiger charge is 2.30. The van der Waals surface area contributed by atoms with Crippen LogP contribution in [0.1, 0.15) is 12.8 Å². The highest BCUT2D eigenvalue weighted by Crippen LogP contribution is 2.33. The van der Waals surface area contributed by atoms with E-state index in [1.807, 2.05) is 18.2 Å². The molecule has 0 unspecified atom stereocenters. The van der Waals surface area contributed by atoms with Gasteiger partial charge in [0, 0.05) is 36.2 Å². The van der Waals surface area contributed by atoms with Gasteiger partial charge in [-0.05, 0) is 47.0 Å². The van der Waals surface area contributed by atoms with Crippen molar-refractivity contribution < 1.29 is 9.59 Å². The van der Waals surface area contributed by atoms with Gasteiger partial charge in [-0.2, -0.15) is 0 Å². The normalized spacial score (nSPS) is 18.6. The lowest BCUT2D eigenvalue weighted by Crippen LogP contribution is -2.29. The quantitative estimate of drug-likeness (QED) is 0.921. The molecule has 1 aliphatic carbocycles. The van der Waals surface area contributed by atoms with Crippen molar-refractivity contribution in [3.8, 4) is 0 Å². The Hall–Kier alpha value is -1.56. The minimum Gasteiger partial charge on any atom is -0.326 e. The van der Waals surface area contributed by atoms with Crippen LogP contribution in [0.5, 0.6) is 0 Å². The number of halogens is 1. The molecule has 0 atom stereocenters. The van der Waals surface area contributed by atoms with Crippen LogP contribution in [0.4, 0.5) is 16.2 Å². The van der Waals surface area contributed by atoms with Crippen LogP contribution in [-0.2, 0) is 4.79 Å². The Bertz CT molecular complexity index is 572. The molecule has 0 radical (unpaired) electrons. The number of hydrogen-bond acceptors (Lipinski definition) is 2. The first-order valence-corrected chi connectivity index (χ1v) is 7.48. The maximum Gasteiger partial charge on any atom is 0.324 e. The van der Waals surface area contributed by atoms with E-state index in [4.69, 9.17) is 0 Å². The maximum absolute atomic E-state index is 12.0. The van der Waals surface area contributed by atoms with Crippen LogP contribution in [-0.4, -0.2) is 37.0 Å². The Labute approximate surface area is 126 Å². The number of amides is 3. The monoisotopic (exact) mass is 337 g/mol. The molecular formula is C14H16BrN3O2. The number of rotatable bonds is 3. The molecule has 1 aromatic rings. The summed E-state index contributed by atoms with van der Waals surface area (Å²) in [5, 5.41) is 2.90. The number of carbonyl (C=O) groups excluding carboxylic acids is 2. The zero-order valence-electron chi connectivity index (χ0n) is 11.2. The molecular weight excluding hydrogens is 322 g/mol. The van der Waals surface area contributed by atoms with Gasteiger partial charge in [0.05, 0.1) is 5.69 Å². The van der Waals surface area contributed by atoms with Crippen LogP contribution in [0.2, 0.25) is 0 Å². The molecule has 2 fully saturated rings. The minimum absolute atomic E-state index is 0.000431. The highest BCUT2D eigenvalue weighted by molar-refractivity contribution is 9.10. The Morgan fingerprint density at radius 1 is 1.35 bits per heavy atom. The van der Waals surface area contributed by atoms with E-state index in [-0.39, 0.29) is 17.9 Å². The van der Waals surface area contributed by atoms with Gasteiger partial charge in [0.25, 0.3) is 0 Å². The molecule has 1 N–H and O–H groups in total. The number of benzene rings is 1. The second-order valence-electron chi connectivity index (χ2n) is 5.29. The van der Waals surface area contributed by atoms with Gasteiger partial charge in [0.15, 0.2) is 0 Å². The maximum atomic E-state index is 12.0. The van der Waals surface area contributed by atoms with Gasteiger partial charge in [0.1, 0.15) is 0 Å². The Morgan fingerprint density at radius 3 is 2.65 bits per heavy atom. The lowest BCUT2D eigenvalue weighted by atomic mass is 10.2. The van der Waals surface area contributed by atoms with Crippen LogP contribution in [0.3, 0.4) is 0 Å². The number of carbonyl (C=O) groups is 2. The van der Waals surface area contributed by atoms with Crippen LogP contribution in [0, 0.1) is 5.92 Å². The molecule has 0 bridgehead atoms.